The van der Waals surface area contributed by atoms with Gasteiger partial charge in [0, 0.05) is 5.56 Å². The van der Waals surface area contributed by atoms with Crippen LogP contribution in [0.1, 0.15) is 22.8 Å². The van der Waals surface area contributed by atoms with Gasteiger partial charge in [-0.1, -0.05) is 24.3 Å². The Bertz CT molecular complexity index is 1290. The van der Waals surface area contributed by atoms with E-state index in [1.54, 1.807) is 62.4 Å². The zero-order chi connectivity index (χ0) is 25.1. The number of carboxylic acids is 1. The van der Waals surface area contributed by atoms with Crippen LogP contribution in [-0.4, -0.2) is 55.7 Å². The number of hydrogen-bond donors (Lipinski definition) is 3. The van der Waals surface area contributed by atoms with Crippen LogP contribution in [0.2, 0.25) is 0 Å². The van der Waals surface area contributed by atoms with E-state index in [2.05, 4.69) is 10.6 Å². The Morgan fingerprint density at radius 1 is 1.20 bits per heavy atom. The predicted molar refractivity (Wildman–Crippen MR) is 131 cm³/mol. The van der Waals surface area contributed by atoms with Gasteiger partial charge in [0.05, 0.1) is 30.9 Å². The van der Waals surface area contributed by atoms with Gasteiger partial charge in [0.1, 0.15) is 24.1 Å². The SMILES string of the molecule is CN[C@@H](C)C(=O)N[C@H]1COc2ccccc2N(Cc2c(OC)ccc3cc(C(=O)O)ccc23)C1=O. The number of nitrogens with zero attached hydrogens (tertiary/aromatic N) is 1. The topological polar surface area (TPSA) is 117 Å². The lowest BCUT2D eigenvalue weighted by Crippen LogP contribution is -2.53. The number of nitrogens with one attached hydrogen (secondary N) is 2. The van der Waals surface area contributed by atoms with E-state index in [0.717, 1.165) is 5.39 Å². The molecule has 4 rings (SSSR count). The Balaban J connectivity index is 1.78. The highest BCUT2D eigenvalue weighted by atomic mass is 16.5. The van der Waals surface area contributed by atoms with Crippen LogP contribution >= 0.6 is 0 Å². The third-order valence-corrected chi connectivity index (χ3v) is 6.14. The van der Waals surface area contributed by atoms with Crippen molar-refractivity contribution in [3.63, 3.8) is 0 Å². The summed E-state index contributed by atoms with van der Waals surface area (Å²) in [5.74, 6) is -0.587. The monoisotopic (exact) mass is 477 g/mol. The van der Waals surface area contributed by atoms with E-state index in [9.17, 15) is 19.5 Å². The molecule has 0 fully saturated rings. The number of likely N-dealkylation sites (N-methyl/N-ethyl adjacent to an activating group) is 1. The van der Waals surface area contributed by atoms with Gasteiger partial charge in [-0.2, -0.15) is 0 Å². The van der Waals surface area contributed by atoms with Crippen molar-refractivity contribution in [1.29, 1.82) is 0 Å². The summed E-state index contributed by atoms with van der Waals surface area (Å²) in [4.78, 5) is 39.3. The molecule has 1 aliphatic heterocycles. The average molecular weight is 478 g/mol. The summed E-state index contributed by atoms with van der Waals surface area (Å²) in [5.41, 5.74) is 1.44. The Morgan fingerprint density at radius 2 is 1.97 bits per heavy atom. The molecule has 1 aliphatic rings. The molecule has 182 valence electrons. The maximum atomic E-state index is 13.7. The standard InChI is InChI=1S/C26H27N3O6/c1-15(27-2)24(30)28-20-14-35-23-7-5-4-6-21(23)29(25(20)31)13-19-18-10-8-17(26(32)33)12-16(18)9-11-22(19)34-3/h4-12,15,20,27H,13-14H2,1-3H3,(H,28,30)(H,32,33)/t15-,20-/m0/s1. The van der Waals surface area contributed by atoms with Crippen molar-refractivity contribution >= 4 is 34.2 Å². The first-order chi connectivity index (χ1) is 16.8. The second kappa shape index (κ2) is 10.0. The first kappa shape index (κ1) is 24.0. The molecule has 3 N–H and O–H groups in total. The fraction of sp³-hybridized carbons (Fsp3) is 0.269. The summed E-state index contributed by atoms with van der Waals surface area (Å²) in [7, 11) is 3.21. The molecule has 0 bridgehead atoms. The number of hydrogen-bond acceptors (Lipinski definition) is 6. The van der Waals surface area contributed by atoms with Gasteiger partial charge < -0.3 is 30.1 Å². The zero-order valence-electron chi connectivity index (χ0n) is 19.7. The molecule has 0 radical (unpaired) electrons. The molecule has 9 nitrogen and oxygen atoms in total. The molecule has 35 heavy (non-hydrogen) atoms. The van der Waals surface area contributed by atoms with Crippen molar-refractivity contribution in [2.24, 2.45) is 0 Å². The smallest absolute Gasteiger partial charge is 0.335 e. The molecular formula is C26H27N3O6. The normalized spacial score (nSPS) is 16.1. The molecule has 0 aliphatic carbocycles. The lowest BCUT2D eigenvalue weighted by molar-refractivity contribution is -0.129. The Morgan fingerprint density at radius 3 is 2.69 bits per heavy atom. The van der Waals surface area contributed by atoms with Gasteiger partial charge in [-0.15, -0.1) is 0 Å². The molecule has 0 saturated carbocycles. The fourth-order valence-electron chi connectivity index (χ4n) is 4.07. The Labute approximate surface area is 202 Å². The molecule has 1 heterocycles. The summed E-state index contributed by atoms with van der Waals surface area (Å²) in [6.45, 7) is 1.82. The van der Waals surface area contributed by atoms with E-state index in [1.165, 1.54) is 6.07 Å². The third-order valence-electron chi connectivity index (χ3n) is 6.14. The van der Waals surface area contributed by atoms with Crippen LogP contribution in [-0.2, 0) is 16.1 Å². The number of carbonyl (C=O) groups is 3. The van der Waals surface area contributed by atoms with Gasteiger partial charge in [-0.05, 0) is 55.1 Å². The molecule has 9 heteroatoms. The van der Waals surface area contributed by atoms with Gasteiger partial charge in [-0.25, -0.2) is 4.79 Å². The number of fused-ring (bicyclic) bond motifs is 2. The number of anilines is 1. The number of amides is 2. The molecule has 0 saturated heterocycles. The minimum absolute atomic E-state index is 0.0107. The highest BCUT2D eigenvalue weighted by Crippen LogP contribution is 2.36. The predicted octanol–water partition coefficient (Wildman–Crippen LogP) is 2.56. The van der Waals surface area contributed by atoms with E-state index < -0.39 is 18.1 Å². The number of methoxy groups -OCH3 is 1. The highest BCUT2D eigenvalue weighted by Gasteiger charge is 2.34. The minimum atomic E-state index is -1.02. The van der Waals surface area contributed by atoms with E-state index in [-0.39, 0.29) is 30.5 Å². The molecule has 2 atom stereocenters. The van der Waals surface area contributed by atoms with Crippen molar-refractivity contribution in [2.45, 2.75) is 25.6 Å². The number of rotatable bonds is 7. The van der Waals surface area contributed by atoms with E-state index in [4.69, 9.17) is 9.47 Å². The summed E-state index contributed by atoms with van der Waals surface area (Å²) in [6.07, 6.45) is 0. The van der Waals surface area contributed by atoms with Gasteiger partial charge in [-0.3, -0.25) is 9.59 Å². The second-order valence-corrected chi connectivity index (χ2v) is 8.26. The van der Waals surface area contributed by atoms with Crippen LogP contribution in [0.15, 0.2) is 54.6 Å². The summed E-state index contributed by atoms with van der Waals surface area (Å²) >= 11 is 0. The lowest BCUT2D eigenvalue weighted by Gasteiger charge is -2.27. The van der Waals surface area contributed by atoms with Crippen LogP contribution in [0.5, 0.6) is 11.5 Å². The maximum absolute atomic E-state index is 13.7. The van der Waals surface area contributed by atoms with Crippen LogP contribution in [0.4, 0.5) is 5.69 Å². The number of carboxylic acid groups (broad SMARTS) is 1. The van der Waals surface area contributed by atoms with Crippen molar-refractivity contribution in [1.82, 2.24) is 10.6 Å². The first-order valence-electron chi connectivity index (χ1n) is 11.2. The van der Waals surface area contributed by atoms with Gasteiger partial charge in [0.25, 0.3) is 5.91 Å². The van der Waals surface area contributed by atoms with Crippen molar-refractivity contribution in [3.8, 4) is 11.5 Å². The van der Waals surface area contributed by atoms with Crippen LogP contribution in [0.25, 0.3) is 10.8 Å². The van der Waals surface area contributed by atoms with Crippen molar-refractivity contribution in [2.75, 3.05) is 25.7 Å². The number of para-hydroxylation sites is 2. The third kappa shape index (κ3) is 4.76. The minimum Gasteiger partial charge on any atom is -0.496 e. The molecule has 0 unspecified atom stereocenters. The second-order valence-electron chi connectivity index (χ2n) is 8.26. The fourth-order valence-corrected chi connectivity index (χ4v) is 4.07. The number of aromatic carboxylic acids is 1. The van der Waals surface area contributed by atoms with E-state index in [1.807, 2.05) is 12.1 Å². The molecule has 0 spiro atoms. The molecular weight excluding hydrogens is 450 g/mol. The van der Waals surface area contributed by atoms with Gasteiger partial charge in [0.2, 0.25) is 5.91 Å². The summed E-state index contributed by atoms with van der Waals surface area (Å²) in [6, 6.07) is 14.2. The molecule has 3 aromatic carbocycles. The van der Waals surface area contributed by atoms with E-state index >= 15 is 0 Å². The number of ether oxygens (including phenoxy) is 2. The lowest BCUT2D eigenvalue weighted by atomic mass is 10.00. The summed E-state index contributed by atoms with van der Waals surface area (Å²) in [5, 5.41) is 16.5. The number of carbonyl (C=O) groups excluding carboxylic acids is 2. The van der Waals surface area contributed by atoms with Crippen LogP contribution in [0.3, 0.4) is 0 Å². The van der Waals surface area contributed by atoms with Crippen LogP contribution < -0.4 is 25.0 Å². The largest absolute Gasteiger partial charge is 0.496 e. The zero-order valence-corrected chi connectivity index (χ0v) is 19.7. The Kier molecular flexibility index (Phi) is 6.88. The Hall–Kier alpha value is -4.11. The number of benzene rings is 3. The maximum Gasteiger partial charge on any atom is 0.335 e. The van der Waals surface area contributed by atoms with E-state index in [0.29, 0.717) is 28.1 Å². The first-order valence-corrected chi connectivity index (χ1v) is 11.2. The summed E-state index contributed by atoms with van der Waals surface area (Å²) < 4.78 is 11.5. The molecule has 2 amide bonds. The molecule has 0 aromatic heterocycles. The van der Waals surface area contributed by atoms with Crippen LogP contribution in [0, 0.1) is 0 Å². The van der Waals surface area contributed by atoms with Gasteiger partial charge in [0.15, 0.2) is 0 Å². The molecule has 3 aromatic rings. The van der Waals surface area contributed by atoms with Gasteiger partial charge >= 0.3 is 5.97 Å². The average Bonchev–Trinajstić information content (AvgIpc) is 3.00. The van der Waals surface area contributed by atoms with Crippen molar-refractivity contribution in [3.05, 3.63) is 65.7 Å². The highest BCUT2D eigenvalue weighted by molar-refractivity contribution is 6.02. The van der Waals surface area contributed by atoms with Crippen molar-refractivity contribution < 1.29 is 29.0 Å². The quantitative estimate of drug-likeness (QED) is 0.479.